The molecule has 3 aromatic rings. The summed E-state index contributed by atoms with van der Waals surface area (Å²) >= 11 is 0. The zero-order valence-electron chi connectivity index (χ0n) is 14.8. The summed E-state index contributed by atoms with van der Waals surface area (Å²) in [5.41, 5.74) is 5.65. The van der Waals surface area contributed by atoms with Gasteiger partial charge in [-0.3, -0.25) is 4.99 Å². The number of aryl methyl sites for hydroxylation is 2. The van der Waals surface area contributed by atoms with E-state index in [0.29, 0.717) is 5.88 Å². The Labute approximate surface area is 149 Å². The molecular formula is C22H22N2O. The molecule has 0 amide bonds. The minimum atomic E-state index is -0.0598. The molecule has 3 heteroatoms. The average molecular weight is 330 g/mol. The maximum absolute atomic E-state index is 5.20. The summed E-state index contributed by atoms with van der Waals surface area (Å²) in [6.45, 7) is 4.25. The van der Waals surface area contributed by atoms with Gasteiger partial charge in [-0.1, -0.05) is 54.6 Å². The van der Waals surface area contributed by atoms with Crippen LogP contribution in [-0.2, 0) is 0 Å². The molecule has 2 aromatic carbocycles. The molecule has 0 aliphatic carbocycles. The van der Waals surface area contributed by atoms with Gasteiger partial charge < -0.3 is 4.74 Å². The molecule has 0 saturated carbocycles. The van der Waals surface area contributed by atoms with Crippen LogP contribution < -0.4 is 4.74 Å². The zero-order chi connectivity index (χ0) is 17.6. The lowest BCUT2D eigenvalue weighted by molar-refractivity contribution is 0.397. The molecule has 25 heavy (non-hydrogen) atoms. The first-order valence-electron chi connectivity index (χ1n) is 8.34. The van der Waals surface area contributed by atoms with Gasteiger partial charge in [-0.25, -0.2) is 4.98 Å². The zero-order valence-corrected chi connectivity index (χ0v) is 14.8. The van der Waals surface area contributed by atoms with Gasteiger partial charge >= 0.3 is 0 Å². The van der Waals surface area contributed by atoms with Gasteiger partial charge in [0.2, 0.25) is 5.88 Å². The highest BCUT2D eigenvalue weighted by molar-refractivity contribution is 5.77. The Bertz CT molecular complexity index is 841. The first kappa shape index (κ1) is 16.9. The normalized spacial score (nSPS) is 11.2. The highest BCUT2D eigenvalue weighted by Crippen LogP contribution is 2.30. The van der Waals surface area contributed by atoms with Crippen molar-refractivity contribution in [2.24, 2.45) is 4.99 Å². The number of aromatic nitrogens is 1. The standard InChI is InChI=1S/C22H22N2O/c1-16-9-4-6-12-19(16)22(20-13-7-5-10-17(20)2)23-15-18-11-8-14-21(24-18)25-3/h4-15,22H,1-3H3. The molecule has 3 nitrogen and oxygen atoms in total. The Hall–Kier alpha value is -2.94. The lowest BCUT2D eigenvalue weighted by Gasteiger charge is -2.18. The van der Waals surface area contributed by atoms with E-state index in [1.54, 1.807) is 7.11 Å². The SMILES string of the molecule is COc1cccc(C=NC(c2ccccc2C)c2ccccc2C)n1. The summed E-state index contributed by atoms with van der Waals surface area (Å²) in [6, 6.07) is 22.4. The van der Waals surface area contributed by atoms with Crippen LogP contribution in [0, 0.1) is 13.8 Å². The van der Waals surface area contributed by atoms with Crippen molar-refractivity contribution in [3.05, 3.63) is 94.7 Å². The first-order valence-corrected chi connectivity index (χ1v) is 8.34. The van der Waals surface area contributed by atoms with Crippen molar-refractivity contribution < 1.29 is 4.74 Å². The summed E-state index contributed by atoms with van der Waals surface area (Å²) in [7, 11) is 1.62. The lowest BCUT2D eigenvalue weighted by atomic mass is 9.93. The number of ether oxygens (including phenoxy) is 1. The van der Waals surface area contributed by atoms with Crippen LogP contribution in [0.3, 0.4) is 0 Å². The third kappa shape index (κ3) is 3.94. The lowest BCUT2D eigenvalue weighted by Crippen LogP contribution is -2.04. The van der Waals surface area contributed by atoms with Crippen molar-refractivity contribution in [3.63, 3.8) is 0 Å². The predicted molar refractivity (Wildman–Crippen MR) is 103 cm³/mol. The van der Waals surface area contributed by atoms with Crippen molar-refractivity contribution in [1.29, 1.82) is 0 Å². The number of aliphatic imine (C=N–C) groups is 1. The van der Waals surface area contributed by atoms with Crippen molar-refractivity contribution in [2.45, 2.75) is 19.9 Å². The quantitative estimate of drug-likeness (QED) is 0.623. The molecule has 0 radical (unpaired) electrons. The van der Waals surface area contributed by atoms with Crippen LogP contribution in [0.4, 0.5) is 0 Å². The van der Waals surface area contributed by atoms with Crippen LogP contribution in [0.2, 0.25) is 0 Å². The predicted octanol–water partition coefficient (Wildman–Crippen LogP) is 4.92. The van der Waals surface area contributed by atoms with Crippen LogP contribution in [0.1, 0.15) is 34.0 Å². The van der Waals surface area contributed by atoms with Crippen molar-refractivity contribution in [3.8, 4) is 5.88 Å². The van der Waals surface area contributed by atoms with Gasteiger partial charge in [0.05, 0.1) is 12.8 Å². The van der Waals surface area contributed by atoms with E-state index in [1.165, 1.54) is 22.3 Å². The van der Waals surface area contributed by atoms with Gasteiger partial charge in [-0.05, 0) is 42.2 Å². The van der Waals surface area contributed by atoms with Gasteiger partial charge in [0.25, 0.3) is 0 Å². The number of hydrogen-bond donors (Lipinski definition) is 0. The topological polar surface area (TPSA) is 34.5 Å². The van der Waals surface area contributed by atoms with Crippen molar-refractivity contribution in [1.82, 2.24) is 4.98 Å². The summed E-state index contributed by atoms with van der Waals surface area (Å²) < 4.78 is 5.20. The second-order valence-electron chi connectivity index (χ2n) is 6.00. The fraction of sp³-hybridized carbons (Fsp3) is 0.182. The van der Waals surface area contributed by atoms with Crippen molar-refractivity contribution >= 4 is 6.21 Å². The highest BCUT2D eigenvalue weighted by atomic mass is 16.5. The molecule has 1 aromatic heterocycles. The van der Waals surface area contributed by atoms with E-state index in [1.807, 2.05) is 24.4 Å². The van der Waals surface area contributed by atoms with Crippen LogP contribution in [0.5, 0.6) is 5.88 Å². The number of pyridine rings is 1. The molecule has 0 fully saturated rings. The average Bonchev–Trinajstić information content (AvgIpc) is 2.64. The molecule has 0 N–H and O–H groups in total. The maximum atomic E-state index is 5.20. The van der Waals surface area contributed by atoms with E-state index in [9.17, 15) is 0 Å². The Morgan fingerprint density at radius 1 is 0.840 bits per heavy atom. The van der Waals surface area contributed by atoms with Crippen molar-refractivity contribution in [2.75, 3.05) is 7.11 Å². The van der Waals surface area contributed by atoms with E-state index < -0.39 is 0 Å². The van der Waals surface area contributed by atoms with Gasteiger partial charge in [-0.15, -0.1) is 0 Å². The van der Waals surface area contributed by atoms with Crippen LogP contribution in [0.25, 0.3) is 0 Å². The summed E-state index contributed by atoms with van der Waals surface area (Å²) in [5, 5.41) is 0. The first-order chi connectivity index (χ1) is 12.2. The molecule has 1 heterocycles. The molecule has 0 bridgehead atoms. The molecule has 0 unspecified atom stereocenters. The van der Waals surface area contributed by atoms with E-state index in [0.717, 1.165) is 5.69 Å². The minimum Gasteiger partial charge on any atom is -0.481 e. The molecule has 0 atom stereocenters. The van der Waals surface area contributed by atoms with Crippen LogP contribution >= 0.6 is 0 Å². The third-order valence-electron chi connectivity index (χ3n) is 4.28. The smallest absolute Gasteiger partial charge is 0.213 e. The fourth-order valence-electron chi connectivity index (χ4n) is 2.88. The Morgan fingerprint density at radius 2 is 1.44 bits per heavy atom. The second-order valence-corrected chi connectivity index (χ2v) is 6.00. The van der Waals surface area contributed by atoms with E-state index in [2.05, 4.69) is 67.4 Å². The van der Waals surface area contributed by atoms with Crippen LogP contribution in [0.15, 0.2) is 71.7 Å². The van der Waals surface area contributed by atoms with Gasteiger partial charge in [0, 0.05) is 12.3 Å². The molecule has 0 aliphatic heterocycles. The number of nitrogens with zero attached hydrogens (tertiary/aromatic N) is 2. The number of benzene rings is 2. The van der Waals surface area contributed by atoms with E-state index in [4.69, 9.17) is 9.73 Å². The molecule has 126 valence electrons. The molecule has 0 spiro atoms. The van der Waals surface area contributed by atoms with E-state index >= 15 is 0 Å². The molecule has 0 saturated heterocycles. The Balaban J connectivity index is 2.04. The fourth-order valence-corrected chi connectivity index (χ4v) is 2.88. The number of rotatable bonds is 5. The summed E-state index contributed by atoms with van der Waals surface area (Å²) in [5.74, 6) is 0.590. The molecule has 3 rings (SSSR count). The third-order valence-corrected chi connectivity index (χ3v) is 4.28. The summed E-state index contributed by atoms with van der Waals surface area (Å²) in [4.78, 5) is 9.31. The largest absolute Gasteiger partial charge is 0.481 e. The van der Waals surface area contributed by atoms with Gasteiger partial charge in [0.1, 0.15) is 6.04 Å². The molecular weight excluding hydrogens is 308 g/mol. The highest BCUT2D eigenvalue weighted by Gasteiger charge is 2.16. The monoisotopic (exact) mass is 330 g/mol. The van der Waals surface area contributed by atoms with Crippen LogP contribution in [-0.4, -0.2) is 18.3 Å². The summed E-state index contributed by atoms with van der Waals surface area (Å²) in [6.07, 6.45) is 1.83. The molecule has 0 aliphatic rings. The Kier molecular flexibility index (Phi) is 5.24. The second kappa shape index (κ2) is 7.75. The maximum Gasteiger partial charge on any atom is 0.213 e. The van der Waals surface area contributed by atoms with Gasteiger partial charge in [0.15, 0.2) is 0 Å². The number of methoxy groups -OCH3 is 1. The van der Waals surface area contributed by atoms with E-state index in [-0.39, 0.29) is 6.04 Å². The minimum absolute atomic E-state index is 0.0598. The Morgan fingerprint density at radius 3 is 2.00 bits per heavy atom. The number of hydrogen-bond acceptors (Lipinski definition) is 3. The van der Waals surface area contributed by atoms with Gasteiger partial charge in [-0.2, -0.15) is 0 Å².